The van der Waals surface area contributed by atoms with Gasteiger partial charge in [-0.05, 0) is 91.8 Å². The average molecular weight is 429 g/mol. The lowest BCUT2D eigenvalue weighted by atomic mass is 9.44. The Hall–Kier alpha value is -0.640. The first-order valence-electron chi connectivity index (χ1n) is 13.1. The van der Waals surface area contributed by atoms with Gasteiger partial charge in [-0.3, -0.25) is 0 Å². The minimum atomic E-state index is -0.328. The van der Waals surface area contributed by atoms with Gasteiger partial charge in [-0.15, -0.1) is 0 Å². The van der Waals surface area contributed by atoms with Crippen LogP contribution in [-0.2, 0) is 14.8 Å². The molecule has 3 nitrogen and oxygen atoms in total. The molecule has 3 saturated carbocycles. The summed E-state index contributed by atoms with van der Waals surface area (Å²) in [6, 6.07) is 0. The summed E-state index contributed by atoms with van der Waals surface area (Å²) in [5.41, 5.74) is 0.0731. The summed E-state index contributed by atoms with van der Waals surface area (Å²) in [7, 11) is 0. The molecule has 0 aromatic heterocycles. The summed E-state index contributed by atoms with van der Waals surface area (Å²) < 4.78 is 0. The van der Waals surface area contributed by atoms with Crippen LogP contribution in [-0.4, -0.2) is 11.7 Å². The summed E-state index contributed by atoms with van der Waals surface area (Å²) >= 11 is 0. The van der Waals surface area contributed by atoms with Crippen LogP contribution in [0.1, 0.15) is 86.5 Å². The molecule has 4 bridgehead atoms. The van der Waals surface area contributed by atoms with Crippen molar-refractivity contribution in [1.29, 1.82) is 0 Å². The van der Waals surface area contributed by atoms with Crippen molar-refractivity contribution in [2.45, 2.75) is 98.2 Å². The first-order chi connectivity index (χ1) is 14.7. The van der Waals surface area contributed by atoms with E-state index < -0.39 is 0 Å². The van der Waals surface area contributed by atoms with E-state index in [1.54, 1.807) is 0 Å². The Balaban J connectivity index is 1.47. The third-order valence-electron chi connectivity index (χ3n) is 11.0. The Morgan fingerprint density at radius 3 is 2.45 bits per heavy atom. The molecular formula is C28H44O3. The van der Waals surface area contributed by atoms with Crippen molar-refractivity contribution in [3.05, 3.63) is 24.3 Å². The molecule has 1 spiro atoms. The highest BCUT2D eigenvalue weighted by Crippen LogP contribution is 2.69. The number of allylic oxidation sites excluding steroid dienone is 3. The third-order valence-corrected chi connectivity index (χ3v) is 11.0. The van der Waals surface area contributed by atoms with Crippen LogP contribution in [0.5, 0.6) is 0 Å². The molecule has 0 radical (unpaired) electrons. The Morgan fingerprint density at radius 2 is 1.68 bits per heavy atom. The molecule has 0 N–H and O–H groups in total. The van der Waals surface area contributed by atoms with Gasteiger partial charge in [-0.2, -0.15) is 4.89 Å². The van der Waals surface area contributed by atoms with Crippen LogP contribution in [0.4, 0.5) is 0 Å². The number of fused-ring (bicyclic) bond motifs is 5. The quantitative estimate of drug-likeness (QED) is 0.347. The van der Waals surface area contributed by atoms with Gasteiger partial charge < -0.3 is 0 Å². The predicted octanol–water partition coefficient (Wildman–Crippen LogP) is 7.29. The van der Waals surface area contributed by atoms with E-state index in [1.807, 2.05) is 0 Å². The van der Waals surface area contributed by atoms with Crippen LogP contribution in [0.25, 0.3) is 0 Å². The van der Waals surface area contributed by atoms with Crippen LogP contribution < -0.4 is 0 Å². The molecule has 2 aliphatic heterocycles. The lowest BCUT2D eigenvalue weighted by Gasteiger charge is -2.64. The van der Waals surface area contributed by atoms with Gasteiger partial charge in [0.2, 0.25) is 0 Å². The summed E-state index contributed by atoms with van der Waals surface area (Å²) in [6.45, 7) is 14.5. The van der Waals surface area contributed by atoms with Crippen LogP contribution in [0.15, 0.2) is 24.3 Å². The maximum Gasteiger partial charge on any atom is 0.133 e. The maximum atomic E-state index is 6.31. The van der Waals surface area contributed by atoms with Crippen molar-refractivity contribution >= 4 is 0 Å². The van der Waals surface area contributed by atoms with Crippen LogP contribution in [0, 0.1) is 52.3 Å². The van der Waals surface area contributed by atoms with Crippen molar-refractivity contribution < 1.29 is 14.8 Å². The fraction of sp³-hybridized carbons (Fsp3) is 0.857. The molecule has 10 atom stereocenters. The minimum Gasteiger partial charge on any atom is -0.203 e. The number of hydrogen-bond acceptors (Lipinski definition) is 3. The molecule has 6 rings (SSSR count). The fourth-order valence-corrected chi connectivity index (χ4v) is 8.52. The van der Waals surface area contributed by atoms with Gasteiger partial charge in [-0.25, -0.2) is 4.89 Å². The van der Waals surface area contributed by atoms with E-state index in [9.17, 15) is 0 Å². The van der Waals surface area contributed by atoms with Gasteiger partial charge in [0.05, 0.1) is 6.10 Å². The zero-order chi connectivity index (χ0) is 22.0. The molecule has 31 heavy (non-hydrogen) atoms. The van der Waals surface area contributed by atoms with E-state index in [4.69, 9.17) is 14.8 Å². The highest BCUT2D eigenvalue weighted by molar-refractivity contribution is 5.29. The second kappa shape index (κ2) is 7.71. The average Bonchev–Trinajstić information content (AvgIpc) is 3.09. The summed E-state index contributed by atoms with van der Waals surface area (Å²) in [5, 5.41) is 5.50. The van der Waals surface area contributed by atoms with Gasteiger partial charge in [0, 0.05) is 5.41 Å². The second-order valence-electron chi connectivity index (χ2n) is 12.6. The van der Waals surface area contributed by atoms with Gasteiger partial charge >= 0.3 is 0 Å². The molecule has 3 heteroatoms. The standard InChI is InChI=1S/C28H44O3/c1-18(2)19(3)7-8-20(4)23-11-12-24-25-10-9-21-17-22-13-14-27(21,6)28(25,30-31-29-22)16-15-26(23,24)5/h7-8,15-16,18-25H,9-14,17H2,1-6H3/t19-,20+,21-,22+,23+,24-,25-,26+,27-,28+/m0/s1. The molecule has 6 aliphatic rings. The zero-order valence-electron chi connectivity index (χ0n) is 20.6. The van der Waals surface area contributed by atoms with Gasteiger partial charge in [-0.1, -0.05) is 70.9 Å². The first kappa shape index (κ1) is 22.2. The van der Waals surface area contributed by atoms with Gasteiger partial charge in [0.25, 0.3) is 0 Å². The van der Waals surface area contributed by atoms with E-state index >= 15 is 0 Å². The molecule has 4 aliphatic carbocycles. The molecule has 2 heterocycles. The second-order valence-corrected chi connectivity index (χ2v) is 12.6. The molecule has 5 fully saturated rings. The van der Waals surface area contributed by atoms with Gasteiger partial charge in [0.1, 0.15) is 5.60 Å². The smallest absolute Gasteiger partial charge is 0.133 e. The largest absolute Gasteiger partial charge is 0.203 e. The van der Waals surface area contributed by atoms with Crippen molar-refractivity contribution in [3.8, 4) is 0 Å². The summed E-state index contributed by atoms with van der Waals surface area (Å²) in [5.74, 6) is 4.52. The van der Waals surface area contributed by atoms with Crippen molar-refractivity contribution in [3.63, 3.8) is 0 Å². The van der Waals surface area contributed by atoms with Crippen molar-refractivity contribution in [2.75, 3.05) is 0 Å². The Morgan fingerprint density at radius 1 is 0.903 bits per heavy atom. The molecule has 2 saturated heterocycles. The molecule has 174 valence electrons. The molecule has 0 aromatic rings. The van der Waals surface area contributed by atoms with Gasteiger partial charge in [0.15, 0.2) is 0 Å². The minimum absolute atomic E-state index is 0.157. The van der Waals surface area contributed by atoms with E-state index in [0.717, 1.165) is 12.8 Å². The predicted molar refractivity (Wildman–Crippen MR) is 124 cm³/mol. The topological polar surface area (TPSA) is 27.7 Å². The fourth-order valence-electron chi connectivity index (χ4n) is 8.52. The van der Waals surface area contributed by atoms with Crippen LogP contribution in [0.3, 0.4) is 0 Å². The molecule has 0 aromatic carbocycles. The molecular weight excluding hydrogens is 384 g/mol. The Labute approximate surface area is 189 Å². The van der Waals surface area contributed by atoms with Crippen molar-refractivity contribution in [2.24, 2.45) is 52.3 Å². The summed E-state index contributed by atoms with van der Waals surface area (Å²) in [4.78, 5) is 12.0. The Kier molecular flexibility index (Phi) is 5.51. The SMILES string of the molecule is CC(C)[C@@H](C)C=C[C@@H](C)[C@H]1CC[C@H]2[C@@H]3CC[C@H]4C[C@H]5CC[C@]4(C)[C@]3(C=C[C@]12C)OOO5. The van der Waals surface area contributed by atoms with E-state index in [1.165, 1.54) is 32.1 Å². The normalized spacial score (nSPS) is 50.7. The highest BCUT2D eigenvalue weighted by atomic mass is 17.5. The first-order valence-corrected chi connectivity index (χ1v) is 13.1. The van der Waals surface area contributed by atoms with Crippen LogP contribution in [0.2, 0.25) is 0 Å². The highest BCUT2D eigenvalue weighted by Gasteiger charge is 2.68. The van der Waals surface area contributed by atoms with Crippen molar-refractivity contribution in [1.82, 2.24) is 0 Å². The number of hydrogen-bond donors (Lipinski definition) is 0. The lowest BCUT2D eigenvalue weighted by molar-refractivity contribution is -0.584. The molecule has 0 unspecified atom stereocenters. The molecule has 0 amide bonds. The maximum absolute atomic E-state index is 6.31. The third kappa shape index (κ3) is 3.16. The Bertz CT molecular complexity index is 743. The van der Waals surface area contributed by atoms with E-state index in [-0.39, 0.29) is 22.5 Å². The zero-order valence-corrected chi connectivity index (χ0v) is 20.6. The van der Waals surface area contributed by atoms with E-state index in [2.05, 4.69) is 65.8 Å². The monoisotopic (exact) mass is 428 g/mol. The lowest BCUT2D eigenvalue weighted by Crippen LogP contribution is -2.66. The van der Waals surface area contributed by atoms with Crippen LogP contribution >= 0.6 is 0 Å². The number of rotatable bonds is 4. The van der Waals surface area contributed by atoms with E-state index in [0.29, 0.717) is 41.4 Å². The summed E-state index contributed by atoms with van der Waals surface area (Å²) in [6.07, 6.45) is 18.8.